The van der Waals surface area contributed by atoms with Crippen molar-refractivity contribution in [1.29, 1.82) is 0 Å². The highest BCUT2D eigenvalue weighted by Crippen LogP contribution is 2.23. The van der Waals surface area contributed by atoms with Gasteiger partial charge in [-0.25, -0.2) is 4.79 Å². The van der Waals surface area contributed by atoms with Gasteiger partial charge in [-0.15, -0.1) is 0 Å². The number of nitrogens with zero attached hydrogens (tertiary/aromatic N) is 2. The van der Waals surface area contributed by atoms with Crippen LogP contribution < -0.4 is 10.6 Å². The Morgan fingerprint density at radius 2 is 2.00 bits per heavy atom. The zero-order valence-electron chi connectivity index (χ0n) is 15.1. The summed E-state index contributed by atoms with van der Waals surface area (Å²) in [4.78, 5) is 17.0. The van der Waals surface area contributed by atoms with Gasteiger partial charge in [0.15, 0.2) is 0 Å². The molecule has 1 atom stereocenters. The molecule has 25 heavy (non-hydrogen) atoms. The molecule has 5 heteroatoms. The minimum absolute atomic E-state index is 0.139. The van der Waals surface area contributed by atoms with Crippen molar-refractivity contribution in [2.45, 2.75) is 26.8 Å². The van der Waals surface area contributed by atoms with E-state index in [2.05, 4.69) is 35.5 Å². The van der Waals surface area contributed by atoms with Gasteiger partial charge in [-0.05, 0) is 48.1 Å². The van der Waals surface area contributed by atoms with Crippen molar-refractivity contribution in [2.75, 3.05) is 5.32 Å². The number of benzene rings is 1. The molecule has 2 aromatic heterocycles. The molecule has 3 aromatic rings. The van der Waals surface area contributed by atoms with E-state index in [1.54, 1.807) is 6.20 Å². The average molecular weight is 336 g/mol. The maximum absolute atomic E-state index is 12.5. The van der Waals surface area contributed by atoms with Gasteiger partial charge in [-0.1, -0.05) is 26.0 Å². The first-order chi connectivity index (χ1) is 12.0. The van der Waals surface area contributed by atoms with E-state index in [9.17, 15) is 4.79 Å². The normalized spacial score (nSPS) is 12.4. The van der Waals surface area contributed by atoms with Crippen LogP contribution in [0.25, 0.3) is 10.9 Å². The molecule has 1 aromatic carbocycles. The van der Waals surface area contributed by atoms with Crippen LogP contribution in [-0.2, 0) is 7.05 Å². The molecule has 0 radical (unpaired) electrons. The van der Waals surface area contributed by atoms with Crippen molar-refractivity contribution in [1.82, 2.24) is 14.9 Å². The Balaban J connectivity index is 1.77. The minimum atomic E-state index is -0.225. The number of urea groups is 1. The lowest BCUT2D eigenvalue weighted by Gasteiger charge is -2.23. The Morgan fingerprint density at radius 1 is 1.20 bits per heavy atom. The zero-order chi connectivity index (χ0) is 18.0. The second-order valence-corrected chi connectivity index (χ2v) is 6.73. The summed E-state index contributed by atoms with van der Waals surface area (Å²) in [5, 5.41) is 7.14. The Morgan fingerprint density at radius 3 is 2.72 bits per heavy atom. The quantitative estimate of drug-likeness (QED) is 0.742. The van der Waals surface area contributed by atoms with Crippen molar-refractivity contribution in [2.24, 2.45) is 13.0 Å². The van der Waals surface area contributed by atoms with Crippen molar-refractivity contribution in [3.8, 4) is 0 Å². The van der Waals surface area contributed by atoms with Gasteiger partial charge in [0.1, 0.15) is 0 Å². The topological polar surface area (TPSA) is 59.0 Å². The van der Waals surface area contributed by atoms with Crippen LogP contribution >= 0.6 is 0 Å². The molecular formula is C20H24N4O. The highest BCUT2D eigenvalue weighted by Gasteiger charge is 2.21. The molecule has 5 nitrogen and oxygen atoms in total. The van der Waals surface area contributed by atoms with Crippen molar-refractivity contribution in [3.63, 3.8) is 0 Å². The maximum atomic E-state index is 12.5. The Bertz CT molecular complexity index is 898. The summed E-state index contributed by atoms with van der Waals surface area (Å²) in [5.41, 5.74) is 3.84. The monoisotopic (exact) mass is 336 g/mol. The van der Waals surface area contributed by atoms with Gasteiger partial charge in [0.05, 0.1) is 11.7 Å². The van der Waals surface area contributed by atoms with Crippen LogP contribution in [0, 0.1) is 12.8 Å². The third kappa shape index (κ3) is 3.65. The molecule has 0 aliphatic heterocycles. The number of fused-ring (bicyclic) bond motifs is 1. The summed E-state index contributed by atoms with van der Waals surface area (Å²) in [6.45, 7) is 6.17. The lowest BCUT2D eigenvalue weighted by Crippen LogP contribution is -2.36. The van der Waals surface area contributed by atoms with E-state index in [4.69, 9.17) is 0 Å². The molecule has 3 rings (SSSR count). The van der Waals surface area contributed by atoms with Crippen LogP contribution in [0.3, 0.4) is 0 Å². The third-order valence-electron chi connectivity index (χ3n) is 4.44. The van der Waals surface area contributed by atoms with Gasteiger partial charge in [0.2, 0.25) is 0 Å². The molecule has 0 bridgehead atoms. The first kappa shape index (κ1) is 17.0. The number of aryl methyl sites for hydroxylation is 2. The molecule has 2 heterocycles. The van der Waals surface area contributed by atoms with Crippen molar-refractivity contribution in [3.05, 3.63) is 60.0 Å². The fraction of sp³-hybridized carbons (Fsp3) is 0.300. The molecule has 0 saturated carbocycles. The van der Waals surface area contributed by atoms with E-state index in [0.29, 0.717) is 0 Å². The lowest BCUT2D eigenvalue weighted by atomic mass is 9.97. The number of hydrogen-bond acceptors (Lipinski definition) is 2. The minimum Gasteiger partial charge on any atom is -0.350 e. The molecule has 0 saturated heterocycles. The summed E-state index contributed by atoms with van der Waals surface area (Å²) in [6, 6.07) is 11.5. The molecular weight excluding hydrogens is 312 g/mol. The fourth-order valence-corrected chi connectivity index (χ4v) is 3.02. The van der Waals surface area contributed by atoms with Crippen molar-refractivity contribution >= 4 is 22.6 Å². The number of rotatable bonds is 4. The SMILES string of the molecule is Cc1cccnc1[C@H](NC(=O)Nc1ccc2ccn(C)c2c1)C(C)C. The number of aromatic nitrogens is 2. The van der Waals surface area contributed by atoms with Crippen LogP contribution in [0.2, 0.25) is 0 Å². The van der Waals surface area contributed by atoms with Crippen LogP contribution in [0.4, 0.5) is 10.5 Å². The summed E-state index contributed by atoms with van der Waals surface area (Å²) in [5.74, 6) is 0.231. The number of amides is 2. The number of carbonyl (C=O) groups is 1. The standard InChI is InChI=1S/C20H24N4O/c1-13(2)18(19-14(3)6-5-10-21-19)23-20(25)22-16-8-7-15-9-11-24(4)17(15)12-16/h5-13,18H,1-4H3,(H2,22,23,25)/t18-/m1/s1. The second kappa shape index (κ2) is 6.97. The smallest absolute Gasteiger partial charge is 0.319 e. The third-order valence-corrected chi connectivity index (χ3v) is 4.44. The molecule has 0 aliphatic carbocycles. The summed E-state index contributed by atoms with van der Waals surface area (Å²) < 4.78 is 2.03. The predicted molar refractivity (Wildman–Crippen MR) is 102 cm³/mol. The Kier molecular flexibility index (Phi) is 4.74. The van der Waals surface area contributed by atoms with Gasteiger partial charge in [0.25, 0.3) is 0 Å². The van der Waals surface area contributed by atoms with E-state index < -0.39 is 0 Å². The first-order valence-corrected chi connectivity index (χ1v) is 8.50. The largest absolute Gasteiger partial charge is 0.350 e. The molecule has 2 amide bonds. The molecule has 2 N–H and O–H groups in total. The first-order valence-electron chi connectivity index (χ1n) is 8.50. The van der Waals surface area contributed by atoms with Crippen LogP contribution in [-0.4, -0.2) is 15.6 Å². The molecule has 130 valence electrons. The molecule has 0 aliphatic rings. The molecule has 0 fully saturated rings. The maximum Gasteiger partial charge on any atom is 0.319 e. The van der Waals surface area contributed by atoms with E-state index in [0.717, 1.165) is 27.8 Å². The van der Waals surface area contributed by atoms with Gasteiger partial charge < -0.3 is 15.2 Å². The van der Waals surface area contributed by atoms with Gasteiger partial charge in [-0.3, -0.25) is 4.98 Å². The van der Waals surface area contributed by atoms with E-state index in [1.807, 2.05) is 55.1 Å². The van der Waals surface area contributed by atoms with Crippen molar-refractivity contribution < 1.29 is 4.79 Å². The van der Waals surface area contributed by atoms with Gasteiger partial charge in [0, 0.05) is 30.6 Å². The van der Waals surface area contributed by atoms with E-state index >= 15 is 0 Å². The highest BCUT2D eigenvalue weighted by atomic mass is 16.2. The highest BCUT2D eigenvalue weighted by molar-refractivity contribution is 5.93. The second-order valence-electron chi connectivity index (χ2n) is 6.73. The summed E-state index contributed by atoms with van der Waals surface area (Å²) in [6.07, 6.45) is 3.77. The summed E-state index contributed by atoms with van der Waals surface area (Å²) >= 11 is 0. The number of hydrogen-bond donors (Lipinski definition) is 2. The lowest BCUT2D eigenvalue weighted by molar-refractivity contribution is 0.244. The molecule has 0 spiro atoms. The van der Waals surface area contributed by atoms with E-state index in [-0.39, 0.29) is 18.0 Å². The number of carbonyl (C=O) groups excluding carboxylic acids is 1. The predicted octanol–water partition coefficient (Wildman–Crippen LogP) is 4.40. The van der Waals surface area contributed by atoms with Crippen LogP contribution in [0.15, 0.2) is 48.8 Å². The van der Waals surface area contributed by atoms with Gasteiger partial charge in [-0.2, -0.15) is 0 Å². The van der Waals surface area contributed by atoms with Crippen LogP contribution in [0.5, 0.6) is 0 Å². The number of nitrogens with one attached hydrogen (secondary N) is 2. The van der Waals surface area contributed by atoms with Crippen LogP contribution in [0.1, 0.15) is 31.1 Å². The number of anilines is 1. The fourth-order valence-electron chi connectivity index (χ4n) is 3.02. The molecule has 0 unspecified atom stereocenters. The van der Waals surface area contributed by atoms with E-state index in [1.165, 1.54) is 0 Å². The number of pyridine rings is 1. The average Bonchev–Trinajstić information content (AvgIpc) is 2.94. The Labute approximate surface area is 148 Å². The van der Waals surface area contributed by atoms with Gasteiger partial charge >= 0.3 is 6.03 Å². The Hall–Kier alpha value is -2.82. The summed E-state index contributed by atoms with van der Waals surface area (Å²) in [7, 11) is 1.99. The zero-order valence-corrected chi connectivity index (χ0v) is 15.1.